The summed E-state index contributed by atoms with van der Waals surface area (Å²) in [5.41, 5.74) is 4.62. The second kappa shape index (κ2) is 13.8. The van der Waals surface area contributed by atoms with Crippen molar-refractivity contribution in [1.82, 2.24) is 40.3 Å². The SMILES string of the molecule is O=C(CC(Cc1ccc2[nH]nnc2c1)C(=O)N1CCN(C2CCNCC2)CC1)N1CCC(N2CCc3ccccc3NC2=O)CC1. The smallest absolute Gasteiger partial charge is 0.322 e. The van der Waals surface area contributed by atoms with Crippen molar-refractivity contribution < 1.29 is 14.4 Å². The monoisotopic (exact) mass is 627 g/mol. The molecule has 4 amide bonds. The van der Waals surface area contributed by atoms with Gasteiger partial charge in [-0.3, -0.25) is 19.6 Å². The van der Waals surface area contributed by atoms with Crippen LogP contribution in [0.25, 0.3) is 11.0 Å². The highest BCUT2D eigenvalue weighted by molar-refractivity contribution is 5.91. The molecule has 2 aromatic carbocycles. The highest BCUT2D eigenvalue weighted by atomic mass is 16.2. The summed E-state index contributed by atoms with van der Waals surface area (Å²) in [5.74, 6) is -0.371. The number of anilines is 1. The van der Waals surface area contributed by atoms with Gasteiger partial charge in [0, 0.05) is 70.0 Å². The molecule has 4 aliphatic heterocycles. The van der Waals surface area contributed by atoms with Crippen LogP contribution in [0.4, 0.5) is 10.5 Å². The molecule has 0 spiro atoms. The van der Waals surface area contributed by atoms with Crippen LogP contribution in [0.15, 0.2) is 42.5 Å². The molecule has 0 bridgehead atoms. The van der Waals surface area contributed by atoms with E-state index in [1.165, 1.54) is 0 Å². The van der Waals surface area contributed by atoms with Gasteiger partial charge in [-0.2, -0.15) is 0 Å². The van der Waals surface area contributed by atoms with Gasteiger partial charge in [0.2, 0.25) is 11.8 Å². The first-order valence-corrected chi connectivity index (χ1v) is 17.0. The Kier molecular flexibility index (Phi) is 9.16. The van der Waals surface area contributed by atoms with E-state index in [0.29, 0.717) is 45.2 Å². The number of fused-ring (bicyclic) bond motifs is 2. The zero-order valence-electron chi connectivity index (χ0n) is 26.5. The van der Waals surface area contributed by atoms with Crippen LogP contribution >= 0.6 is 0 Å². The van der Waals surface area contributed by atoms with Gasteiger partial charge in [0.15, 0.2) is 0 Å². The molecule has 0 saturated carbocycles. The average Bonchev–Trinajstić information content (AvgIpc) is 3.50. The Hall–Kier alpha value is -4.03. The number of likely N-dealkylation sites (tertiary alicyclic amines) is 1. The number of hydrogen-bond donors (Lipinski definition) is 3. The van der Waals surface area contributed by atoms with Crippen LogP contribution in [-0.2, 0) is 22.4 Å². The molecule has 3 aromatic rings. The fraction of sp³-hybridized carbons (Fsp3) is 0.559. The first kappa shape index (κ1) is 30.6. The lowest BCUT2D eigenvalue weighted by Gasteiger charge is -2.42. The topological polar surface area (TPSA) is 130 Å². The molecule has 46 heavy (non-hydrogen) atoms. The molecule has 12 heteroatoms. The van der Waals surface area contributed by atoms with Gasteiger partial charge in [-0.15, -0.1) is 5.10 Å². The summed E-state index contributed by atoms with van der Waals surface area (Å²) in [6.45, 7) is 7.10. The van der Waals surface area contributed by atoms with Crippen LogP contribution in [-0.4, -0.2) is 124 Å². The summed E-state index contributed by atoms with van der Waals surface area (Å²) < 4.78 is 0. The van der Waals surface area contributed by atoms with Gasteiger partial charge in [-0.1, -0.05) is 29.5 Å². The molecule has 1 atom stereocenters. The minimum atomic E-state index is -0.449. The van der Waals surface area contributed by atoms with E-state index < -0.39 is 5.92 Å². The van der Waals surface area contributed by atoms with Gasteiger partial charge in [0.05, 0.1) is 11.4 Å². The predicted molar refractivity (Wildman–Crippen MR) is 175 cm³/mol. The average molecular weight is 628 g/mol. The Balaban J connectivity index is 0.986. The summed E-state index contributed by atoms with van der Waals surface area (Å²) in [7, 11) is 0. The number of aromatic nitrogens is 3. The normalized spacial score (nSPS) is 21.1. The molecule has 5 heterocycles. The summed E-state index contributed by atoms with van der Waals surface area (Å²) in [4.78, 5) is 49.3. The van der Waals surface area contributed by atoms with Crippen molar-refractivity contribution in [2.45, 2.75) is 57.0 Å². The number of carbonyl (C=O) groups is 3. The molecular weight excluding hydrogens is 582 g/mol. The fourth-order valence-electron chi connectivity index (χ4n) is 7.79. The number of carbonyl (C=O) groups excluding carboxylic acids is 3. The van der Waals surface area contributed by atoms with Crippen LogP contribution in [0.5, 0.6) is 0 Å². The van der Waals surface area contributed by atoms with Gasteiger partial charge in [0.25, 0.3) is 0 Å². The number of piperidine rings is 2. The van der Waals surface area contributed by atoms with E-state index in [2.05, 4.69) is 37.0 Å². The lowest BCUT2D eigenvalue weighted by atomic mass is 9.92. The minimum Gasteiger partial charge on any atom is -0.343 e. The third kappa shape index (κ3) is 6.73. The summed E-state index contributed by atoms with van der Waals surface area (Å²) >= 11 is 0. The maximum absolute atomic E-state index is 14.1. The number of hydrogen-bond acceptors (Lipinski definition) is 7. The molecule has 244 valence electrons. The van der Waals surface area contributed by atoms with Crippen LogP contribution in [0.3, 0.4) is 0 Å². The Morgan fingerprint density at radius 1 is 0.870 bits per heavy atom. The molecule has 7 rings (SSSR count). The Bertz CT molecular complexity index is 1540. The van der Waals surface area contributed by atoms with Gasteiger partial charge < -0.3 is 25.3 Å². The van der Waals surface area contributed by atoms with Crippen molar-refractivity contribution in [3.8, 4) is 0 Å². The van der Waals surface area contributed by atoms with E-state index in [0.717, 1.165) is 86.1 Å². The number of H-pyrrole nitrogens is 1. The molecule has 0 radical (unpaired) electrons. The van der Waals surface area contributed by atoms with E-state index in [-0.39, 0.29) is 30.3 Å². The molecular formula is C34H45N9O3. The second-order valence-electron chi connectivity index (χ2n) is 13.3. The first-order valence-electron chi connectivity index (χ1n) is 17.0. The molecule has 3 N–H and O–H groups in total. The number of rotatable bonds is 7. The van der Waals surface area contributed by atoms with E-state index >= 15 is 0 Å². The lowest BCUT2D eigenvalue weighted by Crippen LogP contribution is -2.55. The number of nitrogens with zero attached hydrogens (tertiary/aromatic N) is 6. The summed E-state index contributed by atoms with van der Waals surface area (Å²) in [6, 6.07) is 14.5. The van der Waals surface area contributed by atoms with Gasteiger partial charge in [-0.05, 0) is 80.9 Å². The van der Waals surface area contributed by atoms with Crippen LogP contribution in [0.1, 0.15) is 43.2 Å². The first-order chi connectivity index (χ1) is 22.5. The van der Waals surface area contributed by atoms with E-state index in [1.807, 2.05) is 51.1 Å². The zero-order chi connectivity index (χ0) is 31.5. The number of nitrogens with one attached hydrogen (secondary N) is 3. The highest BCUT2D eigenvalue weighted by Crippen LogP contribution is 2.26. The molecule has 1 aromatic heterocycles. The number of piperazine rings is 1. The minimum absolute atomic E-state index is 0.0142. The van der Waals surface area contributed by atoms with Gasteiger partial charge >= 0.3 is 6.03 Å². The zero-order valence-corrected chi connectivity index (χ0v) is 26.5. The fourth-order valence-corrected chi connectivity index (χ4v) is 7.79. The van der Waals surface area contributed by atoms with Crippen LogP contribution in [0.2, 0.25) is 0 Å². The summed E-state index contributed by atoms with van der Waals surface area (Å²) in [5, 5.41) is 17.5. The van der Waals surface area contributed by atoms with Crippen molar-refractivity contribution in [2.24, 2.45) is 5.92 Å². The van der Waals surface area contributed by atoms with E-state index in [4.69, 9.17) is 0 Å². The summed E-state index contributed by atoms with van der Waals surface area (Å²) in [6.07, 6.45) is 5.24. The standard InChI is InChI=1S/C34H45N9O3/c44-32(41-14-10-28(11-15-41)43-16-9-25-3-1-2-4-29(25)36-34(43)46)23-26(21-24-5-6-30-31(22-24)38-39-37-30)33(45)42-19-17-40(18-20-42)27-7-12-35-13-8-27/h1-6,22,26-28,35H,7-21,23H2,(H,36,46)(H,37,38,39). The quantitative estimate of drug-likeness (QED) is 0.367. The van der Waals surface area contributed by atoms with Crippen molar-refractivity contribution in [3.05, 3.63) is 53.6 Å². The number of aromatic amines is 1. The molecule has 3 saturated heterocycles. The maximum atomic E-state index is 14.1. The van der Waals surface area contributed by atoms with Crippen molar-refractivity contribution >= 4 is 34.6 Å². The van der Waals surface area contributed by atoms with E-state index in [9.17, 15) is 14.4 Å². The van der Waals surface area contributed by atoms with Crippen LogP contribution < -0.4 is 10.6 Å². The van der Waals surface area contributed by atoms with Gasteiger partial charge in [0.1, 0.15) is 5.52 Å². The number of benzene rings is 2. The number of amides is 4. The number of para-hydroxylation sites is 1. The van der Waals surface area contributed by atoms with E-state index in [1.54, 1.807) is 0 Å². The molecule has 4 aliphatic rings. The third-order valence-corrected chi connectivity index (χ3v) is 10.5. The third-order valence-electron chi connectivity index (χ3n) is 10.5. The lowest BCUT2D eigenvalue weighted by molar-refractivity contribution is -0.143. The van der Waals surface area contributed by atoms with Crippen LogP contribution in [0, 0.1) is 5.92 Å². The Labute approximate surface area is 269 Å². The van der Waals surface area contributed by atoms with Gasteiger partial charge in [-0.25, -0.2) is 4.79 Å². The van der Waals surface area contributed by atoms with Crippen molar-refractivity contribution in [2.75, 3.05) is 64.2 Å². The van der Waals surface area contributed by atoms with Crippen molar-refractivity contribution in [3.63, 3.8) is 0 Å². The molecule has 1 unspecified atom stereocenters. The largest absolute Gasteiger partial charge is 0.343 e. The Morgan fingerprint density at radius 2 is 1.65 bits per heavy atom. The number of urea groups is 1. The predicted octanol–water partition coefficient (Wildman–Crippen LogP) is 2.48. The van der Waals surface area contributed by atoms with Crippen molar-refractivity contribution in [1.29, 1.82) is 0 Å². The highest BCUT2D eigenvalue weighted by Gasteiger charge is 2.35. The maximum Gasteiger partial charge on any atom is 0.322 e. The molecule has 3 fully saturated rings. The molecule has 12 nitrogen and oxygen atoms in total. The second-order valence-corrected chi connectivity index (χ2v) is 13.3. The Morgan fingerprint density at radius 3 is 2.46 bits per heavy atom. The molecule has 0 aliphatic carbocycles.